The zero-order valence-corrected chi connectivity index (χ0v) is 11.8. The van der Waals surface area contributed by atoms with E-state index >= 15 is 0 Å². The Hall–Kier alpha value is -1.89. The topological polar surface area (TPSA) is 80.5 Å². The van der Waals surface area contributed by atoms with E-state index in [0.717, 1.165) is 25.9 Å². The molecule has 1 aromatic rings. The van der Waals surface area contributed by atoms with E-state index in [1.54, 1.807) is 18.0 Å². The van der Waals surface area contributed by atoms with Crippen LogP contribution < -0.4 is 10.2 Å². The van der Waals surface area contributed by atoms with E-state index < -0.39 is 4.92 Å². The highest BCUT2D eigenvalue weighted by atomic mass is 16.6. The molecule has 1 saturated heterocycles. The molecule has 1 aromatic heterocycles. The Labute approximate surface area is 118 Å². The quantitative estimate of drug-likeness (QED) is 0.656. The Morgan fingerprint density at radius 2 is 2.35 bits per heavy atom. The molecule has 0 bridgehead atoms. The lowest BCUT2D eigenvalue weighted by Gasteiger charge is -2.27. The van der Waals surface area contributed by atoms with Crippen LogP contribution in [0.1, 0.15) is 19.3 Å². The number of nitrogens with zero attached hydrogens (tertiary/aromatic N) is 3. The summed E-state index contributed by atoms with van der Waals surface area (Å²) in [5.41, 5.74) is 0.0160. The average Bonchev–Trinajstić information content (AvgIpc) is 2.47. The van der Waals surface area contributed by atoms with Crippen LogP contribution in [-0.2, 0) is 4.74 Å². The smallest absolute Gasteiger partial charge is 0.311 e. The summed E-state index contributed by atoms with van der Waals surface area (Å²) in [5, 5.41) is 14.0. The zero-order chi connectivity index (χ0) is 14.5. The Balaban J connectivity index is 2.17. The predicted octanol–water partition coefficient (Wildman–Crippen LogP) is 2.04. The second-order valence-electron chi connectivity index (χ2n) is 4.92. The van der Waals surface area contributed by atoms with Gasteiger partial charge in [0.25, 0.3) is 0 Å². The number of pyridine rings is 1. The van der Waals surface area contributed by atoms with Crippen molar-refractivity contribution in [2.45, 2.75) is 25.4 Å². The third-order valence-electron chi connectivity index (χ3n) is 3.42. The van der Waals surface area contributed by atoms with E-state index in [1.165, 1.54) is 6.07 Å². The molecule has 7 heteroatoms. The van der Waals surface area contributed by atoms with Crippen molar-refractivity contribution in [2.24, 2.45) is 0 Å². The van der Waals surface area contributed by atoms with Gasteiger partial charge in [0.05, 0.1) is 11.0 Å². The molecule has 1 aliphatic rings. The summed E-state index contributed by atoms with van der Waals surface area (Å²) in [5.74, 6) is 0.984. The Morgan fingerprint density at radius 3 is 2.95 bits per heavy atom. The van der Waals surface area contributed by atoms with Gasteiger partial charge in [0.2, 0.25) is 5.82 Å². The first-order valence-corrected chi connectivity index (χ1v) is 6.77. The molecule has 1 fully saturated rings. The standard InChI is InChI=1S/C13H20N4O3/c1-14-12-7-6-11(17(18)19)13(15-12)16(2)9-10-5-3-4-8-20-10/h6-7,10H,3-5,8-9H2,1-2H3,(H,14,15). The summed E-state index contributed by atoms with van der Waals surface area (Å²) in [4.78, 5) is 16.8. The molecule has 0 radical (unpaired) electrons. The second-order valence-corrected chi connectivity index (χ2v) is 4.92. The van der Waals surface area contributed by atoms with Crippen molar-refractivity contribution in [3.8, 4) is 0 Å². The monoisotopic (exact) mass is 280 g/mol. The van der Waals surface area contributed by atoms with Crippen LogP contribution in [0.4, 0.5) is 17.3 Å². The van der Waals surface area contributed by atoms with Crippen molar-refractivity contribution in [2.75, 3.05) is 37.5 Å². The minimum Gasteiger partial charge on any atom is -0.376 e. The van der Waals surface area contributed by atoms with Gasteiger partial charge in [-0.05, 0) is 25.3 Å². The van der Waals surface area contributed by atoms with E-state index in [9.17, 15) is 10.1 Å². The molecule has 20 heavy (non-hydrogen) atoms. The van der Waals surface area contributed by atoms with Gasteiger partial charge in [0.1, 0.15) is 5.82 Å². The molecule has 2 rings (SSSR count). The van der Waals surface area contributed by atoms with Crippen molar-refractivity contribution < 1.29 is 9.66 Å². The fourth-order valence-electron chi connectivity index (χ4n) is 2.35. The van der Waals surface area contributed by atoms with E-state index in [4.69, 9.17) is 4.74 Å². The number of rotatable bonds is 5. The normalized spacial score (nSPS) is 18.6. The molecule has 110 valence electrons. The Morgan fingerprint density at radius 1 is 1.55 bits per heavy atom. The summed E-state index contributed by atoms with van der Waals surface area (Å²) >= 11 is 0. The van der Waals surface area contributed by atoms with E-state index in [0.29, 0.717) is 18.2 Å². The number of nitrogens with one attached hydrogen (secondary N) is 1. The number of ether oxygens (including phenoxy) is 1. The van der Waals surface area contributed by atoms with Gasteiger partial charge in [-0.25, -0.2) is 4.98 Å². The van der Waals surface area contributed by atoms with E-state index in [2.05, 4.69) is 10.3 Å². The first-order valence-electron chi connectivity index (χ1n) is 6.77. The number of nitro groups is 1. The maximum atomic E-state index is 11.1. The highest BCUT2D eigenvalue weighted by Crippen LogP contribution is 2.27. The van der Waals surface area contributed by atoms with Crippen molar-refractivity contribution >= 4 is 17.3 Å². The molecule has 0 amide bonds. The van der Waals surface area contributed by atoms with Crippen LogP contribution in [0.15, 0.2) is 12.1 Å². The van der Waals surface area contributed by atoms with Crippen molar-refractivity contribution in [3.05, 3.63) is 22.2 Å². The van der Waals surface area contributed by atoms with Gasteiger partial charge in [-0.3, -0.25) is 10.1 Å². The largest absolute Gasteiger partial charge is 0.376 e. The fourth-order valence-corrected chi connectivity index (χ4v) is 2.35. The van der Waals surface area contributed by atoms with Crippen LogP contribution in [0, 0.1) is 10.1 Å². The van der Waals surface area contributed by atoms with E-state index in [-0.39, 0.29) is 11.8 Å². The molecule has 0 saturated carbocycles. The molecule has 2 heterocycles. The van der Waals surface area contributed by atoms with Gasteiger partial charge >= 0.3 is 5.69 Å². The minimum atomic E-state index is -0.403. The van der Waals surface area contributed by atoms with Gasteiger partial charge in [-0.15, -0.1) is 0 Å². The summed E-state index contributed by atoms with van der Waals surface area (Å²) in [7, 11) is 3.55. The number of aromatic nitrogens is 1. The number of anilines is 2. The highest BCUT2D eigenvalue weighted by molar-refractivity contribution is 5.61. The summed E-state index contributed by atoms with van der Waals surface area (Å²) in [6, 6.07) is 3.08. The van der Waals surface area contributed by atoms with Gasteiger partial charge in [-0.2, -0.15) is 0 Å². The van der Waals surface area contributed by atoms with E-state index in [1.807, 2.05) is 7.05 Å². The van der Waals surface area contributed by atoms with Crippen LogP contribution in [0.2, 0.25) is 0 Å². The molecular weight excluding hydrogens is 260 g/mol. The molecule has 0 aliphatic carbocycles. The van der Waals surface area contributed by atoms with Crippen LogP contribution in [-0.4, -0.2) is 43.3 Å². The third kappa shape index (κ3) is 3.36. The number of likely N-dealkylation sites (N-methyl/N-ethyl adjacent to an activating group) is 1. The second kappa shape index (κ2) is 6.51. The lowest BCUT2D eigenvalue weighted by molar-refractivity contribution is -0.384. The summed E-state index contributed by atoms with van der Waals surface area (Å²) < 4.78 is 5.67. The minimum absolute atomic E-state index is 0.0160. The highest BCUT2D eigenvalue weighted by Gasteiger charge is 2.23. The van der Waals surface area contributed by atoms with Gasteiger partial charge < -0.3 is 15.0 Å². The molecule has 7 nitrogen and oxygen atoms in total. The van der Waals surface area contributed by atoms with Crippen molar-refractivity contribution in [3.63, 3.8) is 0 Å². The van der Waals surface area contributed by atoms with Gasteiger partial charge in [0.15, 0.2) is 0 Å². The maximum Gasteiger partial charge on any atom is 0.311 e. The molecule has 1 atom stereocenters. The molecule has 0 spiro atoms. The average molecular weight is 280 g/mol. The molecular formula is C13H20N4O3. The Bertz CT molecular complexity index is 475. The lowest BCUT2D eigenvalue weighted by atomic mass is 10.1. The number of hydrogen-bond donors (Lipinski definition) is 1. The molecule has 1 unspecified atom stereocenters. The van der Waals surface area contributed by atoms with Crippen molar-refractivity contribution in [1.29, 1.82) is 0 Å². The predicted molar refractivity (Wildman–Crippen MR) is 77.3 cm³/mol. The molecule has 1 aliphatic heterocycles. The van der Waals surface area contributed by atoms with Crippen LogP contribution >= 0.6 is 0 Å². The van der Waals surface area contributed by atoms with Crippen LogP contribution in [0.5, 0.6) is 0 Å². The van der Waals surface area contributed by atoms with Gasteiger partial charge in [-0.1, -0.05) is 0 Å². The molecule has 1 N–H and O–H groups in total. The third-order valence-corrected chi connectivity index (χ3v) is 3.42. The first kappa shape index (κ1) is 14.5. The summed E-state index contributed by atoms with van der Waals surface area (Å²) in [6.07, 6.45) is 3.34. The fraction of sp³-hybridized carbons (Fsp3) is 0.615. The van der Waals surface area contributed by atoms with Crippen LogP contribution in [0.3, 0.4) is 0 Å². The Kier molecular flexibility index (Phi) is 4.73. The zero-order valence-electron chi connectivity index (χ0n) is 11.8. The maximum absolute atomic E-state index is 11.1. The van der Waals surface area contributed by atoms with Gasteiger partial charge in [0, 0.05) is 33.3 Å². The molecule has 0 aromatic carbocycles. The lowest BCUT2D eigenvalue weighted by Crippen LogP contribution is -2.34. The summed E-state index contributed by atoms with van der Waals surface area (Å²) in [6.45, 7) is 1.38. The SMILES string of the molecule is CNc1ccc([N+](=O)[O-])c(N(C)CC2CCCCO2)n1. The van der Waals surface area contributed by atoms with Crippen molar-refractivity contribution in [1.82, 2.24) is 4.98 Å². The van der Waals surface area contributed by atoms with Crippen LogP contribution in [0.25, 0.3) is 0 Å². The number of hydrogen-bond acceptors (Lipinski definition) is 6. The first-order chi connectivity index (χ1) is 9.61.